The molecule has 2 rings (SSSR count). The first kappa shape index (κ1) is 14.7. The first-order chi connectivity index (χ1) is 9.76. The molecule has 1 heterocycles. The second-order valence-electron chi connectivity index (χ2n) is 4.25. The monoisotopic (exact) mass is 290 g/mol. The van der Waals surface area contributed by atoms with Gasteiger partial charge < -0.3 is 14.4 Å². The Morgan fingerprint density at radius 3 is 2.75 bits per heavy atom. The van der Waals surface area contributed by atoms with E-state index in [0.717, 1.165) is 28.8 Å². The van der Waals surface area contributed by atoms with Gasteiger partial charge in [-0.25, -0.2) is 4.98 Å². The van der Waals surface area contributed by atoms with Gasteiger partial charge in [-0.2, -0.15) is 0 Å². The fourth-order valence-corrected chi connectivity index (χ4v) is 2.55. The van der Waals surface area contributed by atoms with Gasteiger partial charge in [-0.3, -0.25) is 0 Å². The van der Waals surface area contributed by atoms with Crippen LogP contribution in [0.25, 0.3) is 0 Å². The second kappa shape index (κ2) is 7.17. The van der Waals surface area contributed by atoms with Gasteiger partial charge in [0, 0.05) is 18.5 Å². The van der Waals surface area contributed by atoms with Gasteiger partial charge in [0.1, 0.15) is 5.75 Å². The van der Waals surface area contributed by atoms with Crippen molar-refractivity contribution in [2.45, 2.75) is 18.3 Å². The number of aliphatic hydroxyl groups is 1. The van der Waals surface area contributed by atoms with Crippen molar-refractivity contribution in [2.24, 2.45) is 0 Å². The summed E-state index contributed by atoms with van der Waals surface area (Å²) in [6, 6.07) is 7.93. The third-order valence-corrected chi connectivity index (χ3v) is 3.78. The summed E-state index contributed by atoms with van der Waals surface area (Å²) in [5.41, 5.74) is 1.85. The molecule has 0 spiro atoms. The predicted octanol–water partition coefficient (Wildman–Crippen LogP) is 2.71. The third-order valence-electron chi connectivity index (χ3n) is 2.79. The van der Waals surface area contributed by atoms with E-state index in [9.17, 15) is 5.11 Å². The van der Waals surface area contributed by atoms with Crippen molar-refractivity contribution < 1.29 is 9.84 Å². The summed E-state index contributed by atoms with van der Waals surface area (Å²) in [4.78, 5) is 4.40. The number of nitrogens with zero attached hydrogens (tertiary/aromatic N) is 2. The SMILES string of the molecule is C=CCSc1nc(CO)cn1Cc1ccc(OC)cc1. The van der Waals surface area contributed by atoms with E-state index in [0.29, 0.717) is 5.69 Å². The topological polar surface area (TPSA) is 47.3 Å². The van der Waals surface area contributed by atoms with E-state index in [1.54, 1.807) is 18.9 Å². The molecular weight excluding hydrogens is 272 g/mol. The zero-order valence-electron chi connectivity index (χ0n) is 11.5. The molecule has 1 N–H and O–H groups in total. The molecule has 4 nitrogen and oxygen atoms in total. The molecule has 106 valence electrons. The quantitative estimate of drug-likeness (QED) is 0.629. The number of aliphatic hydroxyl groups excluding tert-OH is 1. The number of rotatable bonds is 7. The number of methoxy groups -OCH3 is 1. The van der Waals surface area contributed by atoms with E-state index in [-0.39, 0.29) is 6.61 Å². The van der Waals surface area contributed by atoms with Gasteiger partial charge in [-0.15, -0.1) is 6.58 Å². The van der Waals surface area contributed by atoms with Crippen LogP contribution in [0.15, 0.2) is 48.3 Å². The van der Waals surface area contributed by atoms with Crippen molar-refractivity contribution in [2.75, 3.05) is 12.9 Å². The van der Waals surface area contributed by atoms with Crippen molar-refractivity contribution in [1.29, 1.82) is 0 Å². The van der Waals surface area contributed by atoms with Gasteiger partial charge in [-0.05, 0) is 17.7 Å². The smallest absolute Gasteiger partial charge is 0.168 e. The number of imidazole rings is 1. The molecule has 0 bridgehead atoms. The van der Waals surface area contributed by atoms with Gasteiger partial charge in [0.05, 0.1) is 19.4 Å². The highest BCUT2D eigenvalue weighted by Gasteiger charge is 2.08. The Hall–Kier alpha value is -1.72. The van der Waals surface area contributed by atoms with Crippen LogP contribution in [0.1, 0.15) is 11.3 Å². The summed E-state index contributed by atoms with van der Waals surface area (Å²) < 4.78 is 7.19. The second-order valence-corrected chi connectivity index (χ2v) is 5.24. The molecule has 0 atom stereocenters. The molecule has 1 aromatic heterocycles. The highest BCUT2D eigenvalue weighted by molar-refractivity contribution is 7.99. The molecule has 0 unspecified atom stereocenters. The maximum absolute atomic E-state index is 9.21. The number of benzene rings is 1. The lowest BCUT2D eigenvalue weighted by Crippen LogP contribution is -2.00. The first-order valence-electron chi connectivity index (χ1n) is 6.30. The average molecular weight is 290 g/mol. The highest BCUT2D eigenvalue weighted by Crippen LogP contribution is 2.20. The summed E-state index contributed by atoms with van der Waals surface area (Å²) >= 11 is 1.61. The minimum atomic E-state index is -0.0444. The molecule has 0 aliphatic heterocycles. The van der Waals surface area contributed by atoms with Crippen LogP contribution in [0.5, 0.6) is 5.75 Å². The molecular formula is C15H18N2O2S. The molecule has 0 radical (unpaired) electrons. The molecule has 0 aliphatic rings. The van der Waals surface area contributed by atoms with Crippen LogP contribution in [0, 0.1) is 0 Å². The van der Waals surface area contributed by atoms with Crippen molar-refractivity contribution >= 4 is 11.8 Å². The van der Waals surface area contributed by atoms with E-state index in [2.05, 4.69) is 11.6 Å². The lowest BCUT2D eigenvalue weighted by molar-refractivity contribution is 0.277. The van der Waals surface area contributed by atoms with Gasteiger partial charge in [0.15, 0.2) is 5.16 Å². The van der Waals surface area contributed by atoms with Crippen molar-refractivity contribution in [3.63, 3.8) is 0 Å². The van der Waals surface area contributed by atoms with Gasteiger partial charge in [0.2, 0.25) is 0 Å². The molecule has 2 aromatic rings. The lowest BCUT2D eigenvalue weighted by atomic mass is 10.2. The summed E-state index contributed by atoms with van der Waals surface area (Å²) in [7, 11) is 1.66. The largest absolute Gasteiger partial charge is 0.497 e. The first-order valence-corrected chi connectivity index (χ1v) is 7.29. The molecule has 0 saturated carbocycles. The molecule has 0 amide bonds. The molecule has 1 aromatic carbocycles. The Morgan fingerprint density at radius 1 is 1.40 bits per heavy atom. The molecule has 0 aliphatic carbocycles. The predicted molar refractivity (Wildman–Crippen MR) is 81.2 cm³/mol. The van der Waals surface area contributed by atoms with E-state index < -0.39 is 0 Å². The maximum Gasteiger partial charge on any atom is 0.168 e. The van der Waals surface area contributed by atoms with Crippen molar-refractivity contribution in [3.8, 4) is 5.75 Å². The molecule has 5 heteroatoms. The fourth-order valence-electron chi connectivity index (χ4n) is 1.82. The normalized spacial score (nSPS) is 10.5. The summed E-state index contributed by atoms with van der Waals surface area (Å²) in [5.74, 6) is 1.64. The van der Waals surface area contributed by atoms with Gasteiger partial charge in [0.25, 0.3) is 0 Å². The number of hydrogen-bond acceptors (Lipinski definition) is 4. The van der Waals surface area contributed by atoms with Crippen molar-refractivity contribution in [1.82, 2.24) is 9.55 Å². The van der Waals surface area contributed by atoms with Crippen LogP contribution in [-0.4, -0.2) is 27.5 Å². The number of aromatic nitrogens is 2. The van der Waals surface area contributed by atoms with Crippen LogP contribution in [0.3, 0.4) is 0 Å². The number of hydrogen-bond donors (Lipinski definition) is 1. The van der Waals surface area contributed by atoms with Crippen molar-refractivity contribution in [3.05, 3.63) is 54.4 Å². The number of ether oxygens (including phenoxy) is 1. The maximum atomic E-state index is 9.21. The van der Waals surface area contributed by atoms with Crippen LogP contribution >= 0.6 is 11.8 Å². The minimum absolute atomic E-state index is 0.0444. The Balaban J connectivity index is 2.17. The summed E-state index contributed by atoms with van der Waals surface area (Å²) in [6.45, 7) is 4.39. The van der Waals surface area contributed by atoms with E-state index in [1.165, 1.54) is 0 Å². The van der Waals surface area contributed by atoms with Gasteiger partial charge in [-0.1, -0.05) is 30.0 Å². The van der Waals surface area contributed by atoms with E-state index >= 15 is 0 Å². The molecule has 0 saturated heterocycles. The van der Waals surface area contributed by atoms with Crippen LogP contribution in [0.4, 0.5) is 0 Å². The lowest BCUT2D eigenvalue weighted by Gasteiger charge is -2.07. The fraction of sp³-hybridized carbons (Fsp3) is 0.267. The third kappa shape index (κ3) is 3.65. The zero-order chi connectivity index (χ0) is 14.4. The Labute approximate surface area is 123 Å². The Kier molecular flexibility index (Phi) is 5.26. The zero-order valence-corrected chi connectivity index (χ0v) is 12.3. The van der Waals surface area contributed by atoms with Crippen LogP contribution in [-0.2, 0) is 13.2 Å². The van der Waals surface area contributed by atoms with Gasteiger partial charge >= 0.3 is 0 Å². The minimum Gasteiger partial charge on any atom is -0.497 e. The standard InChI is InChI=1S/C15H18N2O2S/c1-3-8-20-15-16-13(11-18)10-17(15)9-12-4-6-14(19-2)7-5-12/h3-7,10,18H,1,8-9,11H2,2H3. The molecule has 20 heavy (non-hydrogen) atoms. The Morgan fingerprint density at radius 2 is 2.15 bits per heavy atom. The summed E-state index contributed by atoms with van der Waals surface area (Å²) in [5, 5.41) is 10.1. The van der Waals surface area contributed by atoms with E-state index in [4.69, 9.17) is 4.74 Å². The summed E-state index contributed by atoms with van der Waals surface area (Å²) in [6.07, 6.45) is 3.73. The van der Waals surface area contributed by atoms with E-state index in [1.807, 2.05) is 41.1 Å². The number of thioether (sulfide) groups is 1. The highest BCUT2D eigenvalue weighted by atomic mass is 32.2. The molecule has 0 fully saturated rings. The Bertz CT molecular complexity index is 564. The average Bonchev–Trinajstić information content (AvgIpc) is 2.88. The van der Waals surface area contributed by atoms with Crippen LogP contribution < -0.4 is 4.74 Å². The van der Waals surface area contributed by atoms with Crippen LogP contribution in [0.2, 0.25) is 0 Å².